The van der Waals surface area contributed by atoms with Gasteiger partial charge in [0.25, 0.3) is 5.91 Å². The average molecular weight is 388 g/mol. The third kappa shape index (κ3) is 4.53. The lowest BCUT2D eigenvalue weighted by Crippen LogP contribution is -2.34. The number of nitrogens with zero attached hydrogens (tertiary/aromatic N) is 1. The Labute approximate surface area is 157 Å². The van der Waals surface area contributed by atoms with Gasteiger partial charge in [0.15, 0.2) is 0 Å². The standard InChI is InChI=1S/C19H20N2O5S/c20-27(24,25)16-10-8-15(9-11-16)19(23)26-17(14-6-2-1-3-7-14)18(22)21-12-4-5-13-21/h1-3,6-11,17H,4-5,12-13H2,(H2,20,24,25)/t17-/m0/s1. The van der Waals surface area contributed by atoms with Crippen LogP contribution in [0.2, 0.25) is 0 Å². The van der Waals surface area contributed by atoms with E-state index in [9.17, 15) is 18.0 Å². The Hall–Kier alpha value is -2.71. The number of hydrogen-bond acceptors (Lipinski definition) is 5. The van der Waals surface area contributed by atoms with Gasteiger partial charge in [0.1, 0.15) is 0 Å². The molecule has 0 spiro atoms. The van der Waals surface area contributed by atoms with Crippen molar-refractivity contribution in [2.45, 2.75) is 23.8 Å². The van der Waals surface area contributed by atoms with Gasteiger partial charge in [-0.15, -0.1) is 0 Å². The predicted octanol–water partition coefficient (Wildman–Crippen LogP) is 1.85. The molecule has 27 heavy (non-hydrogen) atoms. The fourth-order valence-electron chi connectivity index (χ4n) is 2.95. The molecule has 1 heterocycles. The lowest BCUT2D eigenvalue weighted by molar-refractivity contribution is -0.140. The maximum atomic E-state index is 12.9. The Morgan fingerprint density at radius 2 is 1.56 bits per heavy atom. The molecule has 1 atom stereocenters. The number of ether oxygens (including phenoxy) is 1. The molecule has 3 rings (SSSR count). The van der Waals surface area contributed by atoms with E-state index in [0.29, 0.717) is 18.7 Å². The van der Waals surface area contributed by atoms with Gasteiger partial charge in [0.2, 0.25) is 16.1 Å². The fourth-order valence-corrected chi connectivity index (χ4v) is 3.46. The van der Waals surface area contributed by atoms with E-state index in [4.69, 9.17) is 9.88 Å². The number of benzene rings is 2. The normalized spacial score (nSPS) is 15.4. The Balaban J connectivity index is 1.83. The van der Waals surface area contributed by atoms with Crippen LogP contribution >= 0.6 is 0 Å². The summed E-state index contributed by atoms with van der Waals surface area (Å²) in [5, 5.41) is 5.06. The van der Waals surface area contributed by atoms with Crippen molar-refractivity contribution in [3.8, 4) is 0 Å². The quantitative estimate of drug-likeness (QED) is 0.787. The number of rotatable bonds is 5. The lowest BCUT2D eigenvalue weighted by atomic mass is 10.1. The topological polar surface area (TPSA) is 107 Å². The second-order valence-electron chi connectivity index (χ2n) is 6.30. The van der Waals surface area contributed by atoms with Crippen LogP contribution in [0, 0.1) is 0 Å². The summed E-state index contributed by atoms with van der Waals surface area (Å²) in [7, 11) is -3.85. The third-order valence-electron chi connectivity index (χ3n) is 4.39. The molecule has 1 fully saturated rings. The van der Waals surface area contributed by atoms with Crippen molar-refractivity contribution in [3.63, 3.8) is 0 Å². The van der Waals surface area contributed by atoms with Crippen LogP contribution in [0.15, 0.2) is 59.5 Å². The van der Waals surface area contributed by atoms with Crippen LogP contribution in [0.1, 0.15) is 34.9 Å². The smallest absolute Gasteiger partial charge is 0.339 e. The molecule has 1 saturated heterocycles. The van der Waals surface area contributed by atoms with Crippen LogP contribution in [0.3, 0.4) is 0 Å². The number of hydrogen-bond donors (Lipinski definition) is 1. The van der Waals surface area contributed by atoms with Crippen LogP contribution in [-0.4, -0.2) is 38.3 Å². The molecule has 142 valence electrons. The molecule has 1 aliphatic heterocycles. The number of likely N-dealkylation sites (tertiary alicyclic amines) is 1. The van der Waals surface area contributed by atoms with Crippen LogP contribution in [-0.2, 0) is 19.6 Å². The lowest BCUT2D eigenvalue weighted by Gasteiger charge is -2.23. The zero-order chi connectivity index (χ0) is 19.4. The molecular formula is C19H20N2O5S. The summed E-state index contributed by atoms with van der Waals surface area (Å²) in [5.41, 5.74) is 0.724. The Bertz CT molecular complexity index is 920. The summed E-state index contributed by atoms with van der Waals surface area (Å²) in [5.74, 6) is -0.967. The second kappa shape index (κ2) is 7.89. The first-order chi connectivity index (χ1) is 12.9. The number of primary sulfonamides is 1. The maximum absolute atomic E-state index is 12.9. The van der Waals surface area contributed by atoms with Gasteiger partial charge in [-0.3, -0.25) is 4.79 Å². The Kier molecular flexibility index (Phi) is 5.57. The molecular weight excluding hydrogens is 368 g/mol. The minimum Gasteiger partial charge on any atom is -0.444 e. The molecule has 2 aromatic rings. The van der Waals surface area contributed by atoms with Crippen molar-refractivity contribution in [3.05, 3.63) is 65.7 Å². The summed E-state index contributed by atoms with van der Waals surface area (Å²) < 4.78 is 28.2. The zero-order valence-corrected chi connectivity index (χ0v) is 15.4. The molecule has 0 bridgehead atoms. The van der Waals surface area contributed by atoms with E-state index in [-0.39, 0.29) is 16.4 Å². The van der Waals surface area contributed by atoms with E-state index >= 15 is 0 Å². The summed E-state index contributed by atoms with van der Waals surface area (Å²) in [4.78, 5) is 27.0. The van der Waals surface area contributed by atoms with Crippen molar-refractivity contribution in [2.75, 3.05) is 13.1 Å². The zero-order valence-electron chi connectivity index (χ0n) is 14.6. The highest BCUT2D eigenvalue weighted by atomic mass is 32.2. The number of esters is 1. The minimum absolute atomic E-state index is 0.105. The van der Waals surface area contributed by atoms with E-state index in [0.717, 1.165) is 12.8 Å². The number of carbonyl (C=O) groups is 2. The third-order valence-corrected chi connectivity index (χ3v) is 5.32. The van der Waals surface area contributed by atoms with Crippen molar-refractivity contribution >= 4 is 21.9 Å². The number of sulfonamides is 1. The summed E-state index contributed by atoms with van der Waals surface area (Å²) in [6, 6.07) is 13.9. The summed E-state index contributed by atoms with van der Waals surface area (Å²) in [6.45, 7) is 1.28. The van der Waals surface area contributed by atoms with Gasteiger partial charge >= 0.3 is 5.97 Å². The fraction of sp³-hybridized carbons (Fsp3) is 0.263. The van der Waals surface area contributed by atoms with Gasteiger partial charge in [-0.25, -0.2) is 18.4 Å². The van der Waals surface area contributed by atoms with E-state index in [1.54, 1.807) is 29.2 Å². The molecule has 0 aliphatic carbocycles. The first-order valence-corrected chi connectivity index (χ1v) is 10.1. The molecule has 0 radical (unpaired) electrons. The Morgan fingerprint density at radius 1 is 0.963 bits per heavy atom. The van der Waals surface area contributed by atoms with Gasteiger partial charge in [0, 0.05) is 18.7 Å². The molecule has 1 aliphatic rings. The average Bonchev–Trinajstić information content (AvgIpc) is 3.20. The molecule has 0 saturated carbocycles. The highest BCUT2D eigenvalue weighted by molar-refractivity contribution is 7.89. The predicted molar refractivity (Wildman–Crippen MR) is 98.2 cm³/mol. The SMILES string of the molecule is NS(=O)(=O)c1ccc(C(=O)O[C@H](C(=O)N2CCCC2)c2ccccc2)cc1. The van der Waals surface area contributed by atoms with E-state index in [2.05, 4.69) is 0 Å². The van der Waals surface area contributed by atoms with Crippen LogP contribution < -0.4 is 5.14 Å². The molecule has 7 nitrogen and oxygen atoms in total. The van der Waals surface area contributed by atoms with Gasteiger partial charge in [-0.1, -0.05) is 30.3 Å². The molecule has 0 unspecified atom stereocenters. The van der Waals surface area contributed by atoms with Gasteiger partial charge in [0.05, 0.1) is 10.5 Å². The summed E-state index contributed by atoms with van der Waals surface area (Å²) in [6.07, 6.45) is 0.807. The van der Waals surface area contributed by atoms with E-state index in [1.165, 1.54) is 24.3 Å². The number of carbonyl (C=O) groups excluding carboxylic acids is 2. The van der Waals surface area contributed by atoms with Gasteiger partial charge in [-0.05, 0) is 37.1 Å². The van der Waals surface area contributed by atoms with Crippen molar-refractivity contribution < 1.29 is 22.7 Å². The van der Waals surface area contributed by atoms with E-state index in [1.807, 2.05) is 6.07 Å². The van der Waals surface area contributed by atoms with Crippen LogP contribution in [0.4, 0.5) is 0 Å². The van der Waals surface area contributed by atoms with Crippen molar-refractivity contribution in [2.24, 2.45) is 5.14 Å². The second-order valence-corrected chi connectivity index (χ2v) is 7.86. The van der Waals surface area contributed by atoms with Crippen molar-refractivity contribution in [1.82, 2.24) is 4.90 Å². The van der Waals surface area contributed by atoms with Crippen LogP contribution in [0.5, 0.6) is 0 Å². The molecule has 2 N–H and O–H groups in total. The monoisotopic (exact) mass is 388 g/mol. The van der Waals surface area contributed by atoms with E-state index < -0.39 is 22.1 Å². The largest absolute Gasteiger partial charge is 0.444 e. The van der Waals surface area contributed by atoms with Gasteiger partial charge in [-0.2, -0.15) is 0 Å². The minimum atomic E-state index is -3.85. The number of amides is 1. The molecule has 2 aromatic carbocycles. The summed E-state index contributed by atoms with van der Waals surface area (Å²) >= 11 is 0. The molecule has 8 heteroatoms. The van der Waals surface area contributed by atoms with Crippen molar-refractivity contribution in [1.29, 1.82) is 0 Å². The Morgan fingerprint density at radius 3 is 2.11 bits per heavy atom. The first-order valence-electron chi connectivity index (χ1n) is 8.54. The molecule has 0 aromatic heterocycles. The van der Waals surface area contributed by atoms with Gasteiger partial charge < -0.3 is 9.64 Å². The maximum Gasteiger partial charge on any atom is 0.339 e. The van der Waals surface area contributed by atoms with Crippen LogP contribution in [0.25, 0.3) is 0 Å². The molecule has 1 amide bonds. The highest BCUT2D eigenvalue weighted by Crippen LogP contribution is 2.24. The number of nitrogens with two attached hydrogens (primary N) is 1. The highest BCUT2D eigenvalue weighted by Gasteiger charge is 2.31. The first kappa shape index (κ1) is 19.1.